The lowest BCUT2D eigenvalue weighted by molar-refractivity contribution is -0.138. The van der Waals surface area contributed by atoms with Crippen LogP contribution in [0, 0.1) is 5.41 Å². The fourth-order valence-electron chi connectivity index (χ4n) is 4.04. The minimum atomic E-state index is -1.06. The lowest BCUT2D eigenvalue weighted by Crippen LogP contribution is -2.52. The van der Waals surface area contributed by atoms with Gasteiger partial charge in [-0.2, -0.15) is 0 Å². The van der Waals surface area contributed by atoms with Crippen molar-refractivity contribution in [3.63, 3.8) is 0 Å². The molecule has 0 radical (unpaired) electrons. The van der Waals surface area contributed by atoms with Gasteiger partial charge in [0.15, 0.2) is 0 Å². The Hall–Kier alpha value is -4.42. The number of aryl methyl sites for hydroxylation is 2. The van der Waals surface area contributed by atoms with E-state index in [-0.39, 0.29) is 31.1 Å². The van der Waals surface area contributed by atoms with Crippen molar-refractivity contribution in [2.24, 2.45) is 5.73 Å². The average molecular weight is 622 g/mol. The summed E-state index contributed by atoms with van der Waals surface area (Å²) in [4.78, 5) is 41.8. The Morgan fingerprint density at radius 3 is 2.09 bits per heavy atom. The molecule has 3 rings (SSSR count). The van der Waals surface area contributed by atoms with Crippen LogP contribution >= 0.6 is 11.9 Å². The Balaban J connectivity index is 0.00000330. The number of hydrogen-bond acceptors (Lipinski definition) is 8. The van der Waals surface area contributed by atoms with E-state index in [2.05, 4.69) is 20.3 Å². The van der Waals surface area contributed by atoms with Crippen molar-refractivity contribution < 1.29 is 19.5 Å². The molecule has 12 heteroatoms. The molecule has 0 spiro atoms. The molecule has 1 heterocycles. The summed E-state index contributed by atoms with van der Waals surface area (Å²) in [5, 5.41) is 22.3. The number of amides is 2. The van der Waals surface area contributed by atoms with E-state index in [1.54, 1.807) is 36.7 Å². The van der Waals surface area contributed by atoms with Crippen molar-refractivity contribution in [1.82, 2.24) is 20.3 Å². The zero-order valence-electron chi connectivity index (χ0n) is 25.2. The van der Waals surface area contributed by atoms with Gasteiger partial charge in [0.1, 0.15) is 11.9 Å². The number of hydrogen-bond donors (Lipinski definition) is 7. The summed E-state index contributed by atoms with van der Waals surface area (Å²) in [5.74, 6) is -1.29. The molecule has 2 atom stereocenters. The topological polar surface area (TPSA) is 196 Å². The number of carbonyl (C=O) groups excluding carboxylic acids is 2. The van der Waals surface area contributed by atoms with Gasteiger partial charge in [0.25, 0.3) is 0 Å². The second kappa shape index (κ2) is 19.7. The van der Waals surface area contributed by atoms with Gasteiger partial charge < -0.3 is 27.2 Å². The number of carboxylic acid groups (broad SMARTS) is 1. The quantitative estimate of drug-likeness (QED) is 0.0388. The van der Waals surface area contributed by atoms with Crippen LogP contribution in [-0.4, -0.2) is 51.5 Å². The van der Waals surface area contributed by atoms with E-state index in [1.807, 2.05) is 50.2 Å². The Morgan fingerprint density at radius 1 is 0.864 bits per heavy atom. The van der Waals surface area contributed by atoms with Gasteiger partial charge in [0.05, 0.1) is 6.04 Å². The van der Waals surface area contributed by atoms with E-state index in [4.69, 9.17) is 16.9 Å². The number of aromatic nitrogens is 1. The van der Waals surface area contributed by atoms with Crippen molar-refractivity contribution >= 4 is 41.3 Å². The van der Waals surface area contributed by atoms with Crippen LogP contribution in [0.2, 0.25) is 0 Å². The summed E-state index contributed by atoms with van der Waals surface area (Å²) in [5.41, 5.74) is 15.4. The number of carboxylic acids is 1. The van der Waals surface area contributed by atoms with E-state index in [0.717, 1.165) is 23.1 Å². The van der Waals surface area contributed by atoms with Crippen molar-refractivity contribution in [3.8, 4) is 0 Å². The van der Waals surface area contributed by atoms with Crippen LogP contribution in [0.25, 0.3) is 0 Å². The minimum Gasteiger partial charge on any atom is -0.481 e. The number of nitrogen functional groups attached to an aromatic ring is 2. The number of amidine groups is 1. The number of rotatable bonds is 17. The summed E-state index contributed by atoms with van der Waals surface area (Å²) >= 11 is 1.42. The molecular formula is C32H43N7O4S. The predicted molar refractivity (Wildman–Crippen MR) is 176 cm³/mol. The maximum Gasteiger partial charge on any atom is 0.303 e. The molecular weight excluding hydrogens is 578 g/mol. The van der Waals surface area contributed by atoms with Gasteiger partial charge in [0.2, 0.25) is 11.8 Å². The fourth-order valence-corrected chi connectivity index (χ4v) is 4.92. The van der Waals surface area contributed by atoms with Crippen molar-refractivity contribution in [1.29, 1.82) is 5.41 Å². The monoisotopic (exact) mass is 621 g/mol. The van der Waals surface area contributed by atoms with Gasteiger partial charge in [-0.05, 0) is 66.6 Å². The molecule has 9 N–H and O–H groups in total. The molecule has 236 valence electrons. The predicted octanol–water partition coefficient (Wildman–Crippen LogP) is 3.42. The molecule has 0 bridgehead atoms. The zero-order chi connectivity index (χ0) is 32.3. The van der Waals surface area contributed by atoms with Gasteiger partial charge in [-0.25, -0.2) is 0 Å². The van der Waals surface area contributed by atoms with Gasteiger partial charge in [-0.15, -0.1) is 0 Å². The molecule has 0 fully saturated rings. The Labute approximate surface area is 263 Å². The molecule has 2 amide bonds. The summed E-state index contributed by atoms with van der Waals surface area (Å²) in [6, 6.07) is 16.6. The molecule has 2 aromatic carbocycles. The highest BCUT2D eigenvalue weighted by atomic mass is 32.2. The van der Waals surface area contributed by atoms with Crippen LogP contribution in [0.3, 0.4) is 0 Å². The molecule has 2 unspecified atom stereocenters. The number of carbonyl (C=O) groups is 3. The van der Waals surface area contributed by atoms with Gasteiger partial charge >= 0.3 is 5.97 Å². The summed E-state index contributed by atoms with van der Waals surface area (Å²) in [6.07, 6.45) is 4.88. The normalized spacial score (nSPS) is 11.8. The minimum absolute atomic E-state index is 0.0578. The molecule has 0 aliphatic heterocycles. The highest BCUT2D eigenvalue weighted by Crippen LogP contribution is 2.12. The van der Waals surface area contributed by atoms with Crippen LogP contribution in [0.15, 0.2) is 73.1 Å². The molecule has 1 aromatic heterocycles. The third-order valence-corrected chi connectivity index (χ3v) is 7.36. The Kier molecular flexibility index (Phi) is 16.0. The maximum atomic E-state index is 13.4. The average Bonchev–Trinajstić information content (AvgIpc) is 3.03. The number of aliphatic carboxylic acids is 1. The van der Waals surface area contributed by atoms with E-state index >= 15 is 0 Å². The third-order valence-electron chi connectivity index (χ3n) is 6.50. The molecule has 0 saturated carbocycles. The second-order valence-electron chi connectivity index (χ2n) is 9.73. The van der Waals surface area contributed by atoms with Gasteiger partial charge in [-0.3, -0.25) is 29.5 Å². The number of nitrogens with zero attached hydrogens (tertiary/aromatic N) is 1. The summed E-state index contributed by atoms with van der Waals surface area (Å²) < 4.78 is 3.24. The number of nitrogens with two attached hydrogens (primary N) is 2. The largest absolute Gasteiger partial charge is 0.481 e. The standard InChI is InChI=1S/C30H37N7O4S.C2H6/c31-24-8-3-20(4-9-24)15-18-42-37-26(10-5-21-13-16-34-17-14-21)30(41)36-25(11-12-27(38)39)29(40)35-19-22-1-6-23(7-2-22)28(32)33;1-2/h1-4,6-9,13-14,16-17,25-26,37H,5,10-12,15,18-19,31H2,(H3,32,33)(H,35,40)(H,36,41)(H,38,39);1-2H3. The molecule has 0 saturated heterocycles. The Bertz CT molecular complexity index is 1320. The van der Waals surface area contributed by atoms with Crippen LogP contribution in [0.4, 0.5) is 5.69 Å². The number of benzene rings is 2. The van der Waals surface area contributed by atoms with Crippen LogP contribution in [-0.2, 0) is 33.8 Å². The smallest absolute Gasteiger partial charge is 0.303 e. The van der Waals surface area contributed by atoms with E-state index in [9.17, 15) is 19.5 Å². The second-order valence-corrected chi connectivity index (χ2v) is 10.7. The molecule has 11 nitrogen and oxygen atoms in total. The third kappa shape index (κ3) is 13.3. The lowest BCUT2D eigenvalue weighted by atomic mass is 10.0. The van der Waals surface area contributed by atoms with Crippen LogP contribution < -0.4 is 26.8 Å². The fraction of sp³-hybridized carbons (Fsp3) is 0.344. The van der Waals surface area contributed by atoms with Crippen molar-refractivity contribution in [2.45, 2.75) is 64.6 Å². The first-order chi connectivity index (χ1) is 21.2. The SMILES string of the molecule is CC.N=C(N)c1ccc(CNC(=O)C(CCC(=O)O)NC(=O)C(CCc2ccncc2)NSCCc2ccc(N)cc2)cc1. The van der Waals surface area contributed by atoms with Crippen molar-refractivity contribution in [2.75, 3.05) is 11.5 Å². The van der Waals surface area contributed by atoms with E-state index in [1.165, 1.54) is 11.9 Å². The van der Waals surface area contributed by atoms with Gasteiger partial charge in [-0.1, -0.05) is 62.2 Å². The van der Waals surface area contributed by atoms with Crippen molar-refractivity contribution in [3.05, 3.63) is 95.3 Å². The zero-order valence-corrected chi connectivity index (χ0v) is 26.0. The number of anilines is 1. The maximum absolute atomic E-state index is 13.4. The highest BCUT2D eigenvalue weighted by Gasteiger charge is 2.26. The highest BCUT2D eigenvalue weighted by molar-refractivity contribution is 7.97. The summed E-state index contributed by atoms with van der Waals surface area (Å²) in [7, 11) is 0. The number of pyridine rings is 1. The van der Waals surface area contributed by atoms with Crippen LogP contribution in [0.1, 0.15) is 55.4 Å². The molecule has 3 aromatic rings. The van der Waals surface area contributed by atoms with E-state index in [0.29, 0.717) is 29.8 Å². The first kappa shape index (κ1) is 35.8. The molecule has 0 aliphatic rings. The first-order valence-electron chi connectivity index (χ1n) is 14.5. The van der Waals surface area contributed by atoms with Crippen LogP contribution in [0.5, 0.6) is 0 Å². The Morgan fingerprint density at radius 2 is 1.48 bits per heavy atom. The lowest BCUT2D eigenvalue weighted by Gasteiger charge is -2.23. The van der Waals surface area contributed by atoms with E-state index < -0.39 is 24.0 Å². The number of nitrogens with one attached hydrogen (secondary N) is 4. The first-order valence-corrected chi connectivity index (χ1v) is 15.5. The molecule has 0 aliphatic carbocycles. The summed E-state index contributed by atoms with van der Waals surface area (Å²) in [6.45, 7) is 4.17. The molecule has 44 heavy (non-hydrogen) atoms. The van der Waals surface area contributed by atoms with Gasteiger partial charge in [0, 0.05) is 42.4 Å².